The molecule has 62 valence electrons. The highest BCUT2D eigenvalue weighted by Crippen LogP contribution is 2.45. The molecular formula is CH3NO6P2-4. The quantitative estimate of drug-likeness (QED) is 0.432. The van der Waals surface area contributed by atoms with Crippen LogP contribution in [0.15, 0.2) is 0 Å². The van der Waals surface area contributed by atoms with Crippen LogP contribution in [0, 0.1) is 0 Å². The molecule has 0 aliphatic rings. The first-order valence-electron chi connectivity index (χ1n) is 1.95. The summed E-state index contributed by atoms with van der Waals surface area (Å²) < 4.78 is 19.5. The summed E-state index contributed by atoms with van der Waals surface area (Å²) in [5, 5.41) is 0. The Kier molecular flexibility index (Phi) is 2.78. The van der Waals surface area contributed by atoms with Gasteiger partial charge in [0.05, 0.1) is 5.52 Å². The highest BCUT2D eigenvalue weighted by Gasteiger charge is 2.09. The predicted molar refractivity (Wildman–Crippen MR) is 23.2 cm³/mol. The maximum Gasteiger partial charge on any atom is 0.0598 e. The summed E-state index contributed by atoms with van der Waals surface area (Å²) in [6.07, 6.45) is 0. The molecule has 9 heteroatoms. The highest BCUT2D eigenvalue weighted by atomic mass is 31.2. The first-order chi connectivity index (χ1) is 4.15. The van der Waals surface area contributed by atoms with Crippen molar-refractivity contribution in [3.8, 4) is 0 Å². The monoisotopic (exact) mass is 187 g/mol. The average Bonchev–Trinajstić information content (AvgIpc) is 1.59. The summed E-state index contributed by atoms with van der Waals surface area (Å²) in [6, 6.07) is 0. The Bertz CT molecular complexity index is 178. The third-order valence-corrected chi connectivity index (χ3v) is 3.64. The van der Waals surface area contributed by atoms with Crippen LogP contribution < -0.4 is 25.3 Å². The zero-order chi connectivity index (χ0) is 8.58. The molecule has 0 unspecified atom stereocenters. The Labute approximate surface area is 56.2 Å². The minimum Gasteiger partial charge on any atom is -0.809 e. The second-order valence-corrected chi connectivity index (χ2v) is 5.17. The van der Waals surface area contributed by atoms with Crippen LogP contribution in [0.3, 0.4) is 0 Å². The molecule has 0 rings (SSSR count). The molecule has 0 radical (unpaired) electrons. The van der Waals surface area contributed by atoms with Crippen molar-refractivity contribution in [1.82, 2.24) is 0 Å². The van der Waals surface area contributed by atoms with Crippen LogP contribution in [0.5, 0.6) is 0 Å². The SMILES string of the molecule is NC(P(=O)([O-])[O-])P(=O)([O-])[O-]. The van der Waals surface area contributed by atoms with Gasteiger partial charge in [-0.05, 0) is 15.2 Å². The van der Waals surface area contributed by atoms with E-state index in [0.717, 1.165) is 0 Å². The summed E-state index contributed by atoms with van der Waals surface area (Å²) in [7, 11) is -11.0. The zero-order valence-electron chi connectivity index (χ0n) is 4.50. The third kappa shape index (κ3) is 2.90. The van der Waals surface area contributed by atoms with Crippen LogP contribution >= 0.6 is 15.2 Å². The van der Waals surface area contributed by atoms with Crippen molar-refractivity contribution in [3.05, 3.63) is 0 Å². The molecule has 0 aromatic carbocycles. The molecular weight excluding hydrogens is 184 g/mol. The topological polar surface area (TPSA) is 152 Å². The molecule has 0 aromatic rings. The number of rotatable bonds is 2. The Hall–Kier alpha value is 0.260. The molecule has 0 heterocycles. The summed E-state index contributed by atoms with van der Waals surface area (Å²) in [5.41, 5.74) is 1.40. The van der Waals surface area contributed by atoms with Crippen molar-refractivity contribution in [3.63, 3.8) is 0 Å². The Morgan fingerprint density at radius 2 is 1.20 bits per heavy atom. The molecule has 0 aliphatic carbocycles. The van der Waals surface area contributed by atoms with Crippen LogP contribution in [-0.4, -0.2) is 5.52 Å². The Morgan fingerprint density at radius 1 is 1.00 bits per heavy atom. The van der Waals surface area contributed by atoms with Crippen LogP contribution in [0.2, 0.25) is 0 Å². The van der Waals surface area contributed by atoms with E-state index in [1.54, 1.807) is 0 Å². The molecule has 0 amide bonds. The molecule has 0 aromatic heterocycles. The van der Waals surface area contributed by atoms with Crippen molar-refractivity contribution in [1.29, 1.82) is 0 Å². The van der Waals surface area contributed by atoms with E-state index in [-0.39, 0.29) is 0 Å². The first-order valence-corrected chi connectivity index (χ1v) is 5.17. The lowest BCUT2D eigenvalue weighted by Gasteiger charge is -2.46. The molecule has 0 fully saturated rings. The van der Waals surface area contributed by atoms with Gasteiger partial charge in [-0.1, -0.05) is 0 Å². The van der Waals surface area contributed by atoms with Crippen molar-refractivity contribution in [2.75, 3.05) is 0 Å². The second-order valence-electron chi connectivity index (χ2n) is 1.49. The second kappa shape index (κ2) is 2.71. The molecule has 0 spiro atoms. The fourth-order valence-electron chi connectivity index (χ4n) is 0.173. The summed E-state index contributed by atoms with van der Waals surface area (Å²) >= 11 is 0. The van der Waals surface area contributed by atoms with Gasteiger partial charge in [-0.15, -0.1) is 0 Å². The van der Waals surface area contributed by atoms with Crippen LogP contribution in [-0.2, 0) is 9.13 Å². The summed E-state index contributed by atoms with van der Waals surface area (Å²) in [5.74, 6) is 0. The maximum atomic E-state index is 9.75. The van der Waals surface area contributed by atoms with E-state index in [0.29, 0.717) is 0 Å². The summed E-state index contributed by atoms with van der Waals surface area (Å²) in [6.45, 7) is 0. The largest absolute Gasteiger partial charge is 0.809 e. The fourth-order valence-corrected chi connectivity index (χ4v) is 1.56. The van der Waals surface area contributed by atoms with E-state index in [2.05, 4.69) is 5.73 Å². The van der Waals surface area contributed by atoms with Gasteiger partial charge in [-0.25, -0.2) is 0 Å². The van der Waals surface area contributed by atoms with E-state index in [1.165, 1.54) is 0 Å². The predicted octanol–water partition coefficient (Wildman–Crippen LogP) is -3.94. The van der Waals surface area contributed by atoms with Gasteiger partial charge in [-0.3, -0.25) is 0 Å². The van der Waals surface area contributed by atoms with E-state index < -0.39 is 20.7 Å². The van der Waals surface area contributed by atoms with Crippen LogP contribution in [0.25, 0.3) is 0 Å². The zero-order valence-corrected chi connectivity index (χ0v) is 6.29. The van der Waals surface area contributed by atoms with E-state index >= 15 is 0 Å². The number of nitrogens with two attached hydrogens (primary N) is 1. The number of hydrogen-bond donors (Lipinski definition) is 1. The first kappa shape index (κ1) is 10.3. The van der Waals surface area contributed by atoms with Crippen LogP contribution in [0.4, 0.5) is 0 Å². The van der Waals surface area contributed by atoms with E-state index in [1.807, 2.05) is 0 Å². The van der Waals surface area contributed by atoms with E-state index in [4.69, 9.17) is 0 Å². The van der Waals surface area contributed by atoms with Gasteiger partial charge in [-0.2, -0.15) is 0 Å². The normalized spacial score (nSPS) is 14.2. The number of hydrogen-bond acceptors (Lipinski definition) is 7. The molecule has 0 bridgehead atoms. The van der Waals surface area contributed by atoms with Crippen molar-refractivity contribution in [2.24, 2.45) is 5.73 Å². The van der Waals surface area contributed by atoms with Gasteiger partial charge in [0.1, 0.15) is 0 Å². The average molecular weight is 187 g/mol. The minimum absolute atomic E-state index is 2.85. The molecule has 0 saturated heterocycles. The van der Waals surface area contributed by atoms with Gasteiger partial charge in [0.25, 0.3) is 0 Å². The lowest BCUT2D eigenvalue weighted by molar-refractivity contribution is -0.329. The molecule has 0 aliphatic heterocycles. The van der Waals surface area contributed by atoms with Gasteiger partial charge in [0, 0.05) is 0 Å². The fraction of sp³-hybridized carbons (Fsp3) is 1.00. The highest BCUT2D eigenvalue weighted by molar-refractivity contribution is 7.67. The Balaban J connectivity index is 4.56. The Morgan fingerprint density at radius 3 is 1.20 bits per heavy atom. The van der Waals surface area contributed by atoms with Crippen molar-refractivity contribution < 1.29 is 28.7 Å². The van der Waals surface area contributed by atoms with E-state index in [9.17, 15) is 28.7 Å². The lowest BCUT2D eigenvalue weighted by Crippen LogP contribution is -2.39. The third-order valence-electron chi connectivity index (χ3n) is 0.648. The minimum atomic E-state index is -5.49. The molecule has 7 nitrogen and oxygen atoms in total. The molecule has 0 atom stereocenters. The van der Waals surface area contributed by atoms with Gasteiger partial charge in [0.15, 0.2) is 0 Å². The molecule has 0 saturated carbocycles. The van der Waals surface area contributed by atoms with Gasteiger partial charge < -0.3 is 34.4 Å². The van der Waals surface area contributed by atoms with Gasteiger partial charge in [0.2, 0.25) is 0 Å². The smallest absolute Gasteiger partial charge is 0.0598 e. The standard InChI is InChI=1S/CH7NO6P2/c2-1(9(3,4)5)10(6,7)8/h1H,2H2,(H2,3,4,5)(H2,6,7,8)/p-4. The lowest BCUT2D eigenvalue weighted by atomic mass is 11.5. The van der Waals surface area contributed by atoms with Crippen molar-refractivity contribution >= 4 is 15.2 Å². The molecule has 2 N–H and O–H groups in total. The van der Waals surface area contributed by atoms with Gasteiger partial charge >= 0.3 is 0 Å². The molecule has 10 heavy (non-hydrogen) atoms. The summed E-state index contributed by atoms with van der Waals surface area (Å²) in [4.78, 5) is 39.0. The maximum absolute atomic E-state index is 9.75. The van der Waals surface area contributed by atoms with Crippen LogP contribution in [0.1, 0.15) is 0 Å². The van der Waals surface area contributed by atoms with Crippen molar-refractivity contribution in [2.45, 2.75) is 5.52 Å².